The summed E-state index contributed by atoms with van der Waals surface area (Å²) >= 11 is 0. The SMILES string of the molecule is CNC(=O)C1COCCN1CC1(O)CCC(C(=O)O)CC1. The number of carboxylic acid groups (broad SMARTS) is 1. The smallest absolute Gasteiger partial charge is 0.306 e. The summed E-state index contributed by atoms with van der Waals surface area (Å²) in [5.74, 6) is -1.26. The molecule has 0 aromatic rings. The number of rotatable bonds is 4. The molecule has 1 amide bonds. The normalized spacial score (nSPS) is 34.4. The Morgan fingerprint density at radius 2 is 2.05 bits per heavy atom. The second-order valence-electron chi connectivity index (χ2n) is 6.01. The van der Waals surface area contributed by atoms with Gasteiger partial charge in [-0.2, -0.15) is 0 Å². The van der Waals surface area contributed by atoms with E-state index in [1.807, 2.05) is 4.90 Å². The molecule has 0 bridgehead atoms. The van der Waals surface area contributed by atoms with E-state index in [0.29, 0.717) is 52.0 Å². The molecule has 3 N–H and O–H groups in total. The van der Waals surface area contributed by atoms with E-state index >= 15 is 0 Å². The summed E-state index contributed by atoms with van der Waals surface area (Å²) in [4.78, 5) is 24.8. The average molecular weight is 300 g/mol. The summed E-state index contributed by atoms with van der Waals surface area (Å²) in [5.41, 5.74) is -0.907. The Morgan fingerprint density at radius 3 is 2.62 bits per heavy atom. The van der Waals surface area contributed by atoms with E-state index in [9.17, 15) is 14.7 Å². The van der Waals surface area contributed by atoms with E-state index in [1.165, 1.54) is 0 Å². The van der Waals surface area contributed by atoms with Crippen LogP contribution in [-0.4, -0.2) is 72.0 Å². The summed E-state index contributed by atoms with van der Waals surface area (Å²) < 4.78 is 5.34. The molecule has 2 fully saturated rings. The second kappa shape index (κ2) is 6.72. The number of β-amino-alcohol motifs (C(OH)–C–C–N with tert-alkyl or cyclic N) is 1. The van der Waals surface area contributed by atoms with Crippen LogP contribution in [0.4, 0.5) is 0 Å². The highest BCUT2D eigenvalue weighted by molar-refractivity contribution is 5.81. The zero-order valence-corrected chi connectivity index (χ0v) is 12.4. The van der Waals surface area contributed by atoms with Gasteiger partial charge in [-0.3, -0.25) is 14.5 Å². The molecule has 1 heterocycles. The molecule has 0 aromatic carbocycles. The molecule has 21 heavy (non-hydrogen) atoms. The molecule has 1 atom stereocenters. The molecule has 0 radical (unpaired) electrons. The number of aliphatic carboxylic acids is 1. The van der Waals surface area contributed by atoms with Crippen molar-refractivity contribution in [2.24, 2.45) is 5.92 Å². The predicted molar refractivity (Wildman–Crippen MR) is 74.8 cm³/mol. The lowest BCUT2D eigenvalue weighted by atomic mass is 9.78. The van der Waals surface area contributed by atoms with Crippen LogP contribution in [0.3, 0.4) is 0 Å². The number of likely N-dealkylation sites (N-methyl/N-ethyl adjacent to an activating group) is 1. The molecule has 0 spiro atoms. The number of amides is 1. The summed E-state index contributed by atoms with van der Waals surface area (Å²) in [6.07, 6.45) is 1.89. The minimum atomic E-state index is -0.907. The molecular formula is C14H24N2O5. The van der Waals surface area contributed by atoms with E-state index in [-0.39, 0.29) is 17.9 Å². The summed E-state index contributed by atoms with van der Waals surface area (Å²) in [6, 6.07) is -0.384. The van der Waals surface area contributed by atoms with Gasteiger partial charge in [-0.25, -0.2) is 0 Å². The first-order chi connectivity index (χ1) is 9.95. The van der Waals surface area contributed by atoms with Crippen molar-refractivity contribution in [1.82, 2.24) is 10.2 Å². The molecule has 1 aliphatic heterocycles. The third-order valence-corrected chi connectivity index (χ3v) is 4.55. The maximum Gasteiger partial charge on any atom is 0.306 e. The first-order valence-corrected chi connectivity index (χ1v) is 7.44. The van der Waals surface area contributed by atoms with Gasteiger partial charge in [0.2, 0.25) is 5.91 Å². The number of nitrogens with zero attached hydrogens (tertiary/aromatic N) is 1. The number of hydrogen-bond donors (Lipinski definition) is 3. The lowest BCUT2D eigenvalue weighted by Gasteiger charge is -2.42. The predicted octanol–water partition coefficient (Wildman–Crippen LogP) is -0.561. The number of carbonyl (C=O) groups excluding carboxylic acids is 1. The quantitative estimate of drug-likeness (QED) is 0.643. The van der Waals surface area contributed by atoms with Crippen LogP contribution in [0.15, 0.2) is 0 Å². The molecule has 7 nitrogen and oxygen atoms in total. The number of carbonyl (C=O) groups is 2. The van der Waals surface area contributed by atoms with Gasteiger partial charge >= 0.3 is 5.97 Å². The Balaban J connectivity index is 1.95. The van der Waals surface area contributed by atoms with Crippen LogP contribution in [0.5, 0.6) is 0 Å². The van der Waals surface area contributed by atoms with E-state index < -0.39 is 11.6 Å². The van der Waals surface area contributed by atoms with Crippen LogP contribution < -0.4 is 5.32 Å². The zero-order chi connectivity index (χ0) is 15.5. The van der Waals surface area contributed by atoms with E-state index in [4.69, 9.17) is 9.84 Å². The van der Waals surface area contributed by atoms with Crippen LogP contribution in [-0.2, 0) is 14.3 Å². The number of hydrogen-bond acceptors (Lipinski definition) is 5. The number of ether oxygens (including phenoxy) is 1. The first-order valence-electron chi connectivity index (χ1n) is 7.44. The minimum absolute atomic E-state index is 0.113. The Labute approximate surface area is 124 Å². The molecule has 1 saturated carbocycles. The van der Waals surface area contributed by atoms with Gasteiger partial charge in [-0.05, 0) is 25.7 Å². The summed E-state index contributed by atoms with van der Waals surface area (Å²) in [5, 5.41) is 22.3. The molecule has 2 aliphatic rings. The van der Waals surface area contributed by atoms with E-state index in [2.05, 4.69) is 5.32 Å². The van der Waals surface area contributed by atoms with Crippen molar-refractivity contribution in [3.05, 3.63) is 0 Å². The number of carboxylic acids is 1. The standard InChI is InChI=1S/C14H24N2O5/c1-15-12(17)11-8-21-7-6-16(11)9-14(20)4-2-10(3-5-14)13(18)19/h10-11,20H,2-9H2,1H3,(H,15,17)(H,18,19). The number of nitrogens with one attached hydrogen (secondary N) is 1. The lowest BCUT2D eigenvalue weighted by Crippen LogP contribution is -2.58. The highest BCUT2D eigenvalue weighted by Crippen LogP contribution is 2.33. The average Bonchev–Trinajstić information content (AvgIpc) is 2.47. The van der Waals surface area contributed by atoms with Gasteiger partial charge in [0.15, 0.2) is 0 Å². The molecule has 1 aliphatic carbocycles. The van der Waals surface area contributed by atoms with Gasteiger partial charge in [0.25, 0.3) is 0 Å². The van der Waals surface area contributed by atoms with Crippen molar-refractivity contribution >= 4 is 11.9 Å². The van der Waals surface area contributed by atoms with Gasteiger partial charge in [-0.1, -0.05) is 0 Å². The third-order valence-electron chi connectivity index (χ3n) is 4.55. The zero-order valence-electron chi connectivity index (χ0n) is 12.4. The van der Waals surface area contributed by atoms with Crippen molar-refractivity contribution in [3.63, 3.8) is 0 Å². The third kappa shape index (κ3) is 3.93. The van der Waals surface area contributed by atoms with Crippen LogP contribution in [0.1, 0.15) is 25.7 Å². The fourth-order valence-electron chi connectivity index (χ4n) is 3.17. The Hall–Kier alpha value is -1.18. The topological polar surface area (TPSA) is 99.1 Å². The Kier molecular flexibility index (Phi) is 5.18. The first kappa shape index (κ1) is 16.2. The van der Waals surface area contributed by atoms with Crippen molar-refractivity contribution in [3.8, 4) is 0 Å². The van der Waals surface area contributed by atoms with Crippen LogP contribution >= 0.6 is 0 Å². The van der Waals surface area contributed by atoms with Gasteiger partial charge in [0.1, 0.15) is 6.04 Å². The molecule has 7 heteroatoms. The molecule has 1 unspecified atom stereocenters. The molecule has 0 aromatic heterocycles. The molecule has 2 rings (SSSR count). The van der Waals surface area contributed by atoms with E-state index in [1.54, 1.807) is 7.05 Å². The highest BCUT2D eigenvalue weighted by Gasteiger charge is 2.40. The molecular weight excluding hydrogens is 276 g/mol. The fourth-order valence-corrected chi connectivity index (χ4v) is 3.17. The Morgan fingerprint density at radius 1 is 1.38 bits per heavy atom. The van der Waals surface area contributed by atoms with Crippen LogP contribution in [0.2, 0.25) is 0 Å². The van der Waals surface area contributed by atoms with Gasteiger partial charge < -0.3 is 20.3 Å². The summed E-state index contributed by atoms with van der Waals surface area (Å²) in [7, 11) is 1.59. The minimum Gasteiger partial charge on any atom is -0.481 e. The van der Waals surface area contributed by atoms with Gasteiger partial charge in [0.05, 0.1) is 24.7 Å². The van der Waals surface area contributed by atoms with Crippen molar-refractivity contribution in [2.75, 3.05) is 33.4 Å². The maximum absolute atomic E-state index is 11.9. The Bertz CT molecular complexity index is 393. The van der Waals surface area contributed by atoms with Gasteiger partial charge in [0, 0.05) is 20.1 Å². The van der Waals surface area contributed by atoms with Crippen molar-refractivity contribution < 1.29 is 24.5 Å². The van der Waals surface area contributed by atoms with Crippen molar-refractivity contribution in [1.29, 1.82) is 0 Å². The van der Waals surface area contributed by atoms with E-state index in [0.717, 1.165) is 0 Å². The van der Waals surface area contributed by atoms with Crippen LogP contribution in [0, 0.1) is 5.92 Å². The number of aliphatic hydroxyl groups is 1. The summed E-state index contributed by atoms with van der Waals surface area (Å²) in [6.45, 7) is 1.86. The fraction of sp³-hybridized carbons (Fsp3) is 0.857. The number of morpholine rings is 1. The molecule has 1 saturated heterocycles. The second-order valence-corrected chi connectivity index (χ2v) is 6.01. The van der Waals surface area contributed by atoms with Crippen molar-refractivity contribution in [2.45, 2.75) is 37.3 Å². The van der Waals surface area contributed by atoms with Crippen LogP contribution in [0.25, 0.3) is 0 Å². The largest absolute Gasteiger partial charge is 0.481 e. The highest BCUT2D eigenvalue weighted by atomic mass is 16.5. The maximum atomic E-state index is 11.9. The monoisotopic (exact) mass is 300 g/mol. The lowest BCUT2D eigenvalue weighted by molar-refractivity contribution is -0.146. The molecule has 120 valence electrons. The van der Waals surface area contributed by atoms with Gasteiger partial charge in [-0.15, -0.1) is 0 Å².